The van der Waals surface area contributed by atoms with Crippen molar-refractivity contribution in [3.8, 4) is 11.5 Å². The fraction of sp³-hybridized carbons (Fsp3) is 0.294. The molecular formula is C17H18O2. The van der Waals surface area contributed by atoms with Gasteiger partial charge in [-0.15, -0.1) is 0 Å². The Morgan fingerprint density at radius 3 is 2.16 bits per heavy atom. The number of hydrogen-bond donors (Lipinski definition) is 0. The van der Waals surface area contributed by atoms with E-state index in [1.165, 1.54) is 22.3 Å². The SMILES string of the molecule is CCOc1cccc2c1Cc1c(cccc1OC)C2. The van der Waals surface area contributed by atoms with Crippen LogP contribution >= 0.6 is 0 Å². The Morgan fingerprint density at radius 2 is 1.53 bits per heavy atom. The second-order valence-electron chi connectivity index (χ2n) is 4.78. The summed E-state index contributed by atoms with van der Waals surface area (Å²) in [6.07, 6.45) is 1.85. The van der Waals surface area contributed by atoms with Gasteiger partial charge in [0.15, 0.2) is 0 Å². The van der Waals surface area contributed by atoms with E-state index in [0.29, 0.717) is 6.61 Å². The average molecular weight is 254 g/mol. The highest BCUT2D eigenvalue weighted by atomic mass is 16.5. The van der Waals surface area contributed by atoms with Crippen molar-refractivity contribution in [1.82, 2.24) is 0 Å². The van der Waals surface area contributed by atoms with Crippen LogP contribution in [0, 0.1) is 0 Å². The van der Waals surface area contributed by atoms with Crippen LogP contribution in [-0.2, 0) is 12.8 Å². The zero-order chi connectivity index (χ0) is 13.2. The smallest absolute Gasteiger partial charge is 0.123 e. The Morgan fingerprint density at radius 1 is 0.895 bits per heavy atom. The van der Waals surface area contributed by atoms with Gasteiger partial charge in [0, 0.05) is 17.5 Å². The van der Waals surface area contributed by atoms with Gasteiger partial charge in [-0.25, -0.2) is 0 Å². The van der Waals surface area contributed by atoms with Crippen LogP contribution < -0.4 is 9.47 Å². The first-order chi connectivity index (χ1) is 9.33. The summed E-state index contributed by atoms with van der Waals surface area (Å²) in [5.74, 6) is 1.99. The van der Waals surface area contributed by atoms with Crippen LogP contribution in [0.15, 0.2) is 36.4 Å². The van der Waals surface area contributed by atoms with E-state index in [1.807, 2.05) is 13.0 Å². The van der Waals surface area contributed by atoms with Crippen molar-refractivity contribution in [1.29, 1.82) is 0 Å². The van der Waals surface area contributed by atoms with Crippen LogP contribution in [-0.4, -0.2) is 13.7 Å². The van der Waals surface area contributed by atoms with Crippen LogP contribution in [0.5, 0.6) is 11.5 Å². The highest BCUT2D eigenvalue weighted by Crippen LogP contribution is 2.36. The number of benzene rings is 2. The van der Waals surface area contributed by atoms with Gasteiger partial charge in [-0.05, 0) is 36.6 Å². The predicted octanol–water partition coefficient (Wildman–Crippen LogP) is 3.59. The number of fused-ring (bicyclic) bond motifs is 2. The minimum absolute atomic E-state index is 0.704. The third-order valence-corrected chi connectivity index (χ3v) is 3.71. The maximum atomic E-state index is 5.75. The van der Waals surface area contributed by atoms with Gasteiger partial charge in [0.1, 0.15) is 11.5 Å². The molecule has 0 amide bonds. The number of methoxy groups -OCH3 is 1. The minimum Gasteiger partial charge on any atom is -0.496 e. The van der Waals surface area contributed by atoms with Gasteiger partial charge in [-0.1, -0.05) is 24.3 Å². The first kappa shape index (κ1) is 12.1. The summed E-state index contributed by atoms with van der Waals surface area (Å²) in [6.45, 7) is 2.73. The van der Waals surface area contributed by atoms with E-state index in [-0.39, 0.29) is 0 Å². The Hall–Kier alpha value is -1.96. The number of hydrogen-bond acceptors (Lipinski definition) is 2. The van der Waals surface area contributed by atoms with E-state index in [4.69, 9.17) is 9.47 Å². The molecule has 0 bridgehead atoms. The molecule has 0 unspecified atom stereocenters. The van der Waals surface area contributed by atoms with Crippen LogP contribution in [0.1, 0.15) is 29.2 Å². The van der Waals surface area contributed by atoms with Gasteiger partial charge in [-0.2, -0.15) is 0 Å². The molecule has 2 aromatic carbocycles. The van der Waals surface area contributed by atoms with E-state index in [0.717, 1.165) is 24.3 Å². The summed E-state index contributed by atoms with van der Waals surface area (Å²) >= 11 is 0. The highest BCUT2D eigenvalue weighted by Gasteiger charge is 2.21. The van der Waals surface area contributed by atoms with Crippen molar-refractivity contribution in [3.63, 3.8) is 0 Å². The van der Waals surface area contributed by atoms with E-state index >= 15 is 0 Å². The molecule has 0 saturated carbocycles. The van der Waals surface area contributed by atoms with E-state index in [9.17, 15) is 0 Å². The van der Waals surface area contributed by atoms with Gasteiger partial charge in [0.25, 0.3) is 0 Å². The molecule has 0 heterocycles. The lowest BCUT2D eigenvalue weighted by atomic mass is 9.85. The molecule has 2 heteroatoms. The molecule has 19 heavy (non-hydrogen) atoms. The quantitative estimate of drug-likeness (QED) is 0.711. The second kappa shape index (κ2) is 4.96. The maximum absolute atomic E-state index is 5.75. The first-order valence-electron chi connectivity index (χ1n) is 6.71. The molecule has 0 fully saturated rings. The molecule has 3 rings (SSSR count). The van der Waals surface area contributed by atoms with Crippen molar-refractivity contribution in [2.45, 2.75) is 19.8 Å². The molecular weight excluding hydrogens is 236 g/mol. The molecule has 1 aliphatic rings. The van der Waals surface area contributed by atoms with Crippen LogP contribution in [0.3, 0.4) is 0 Å². The second-order valence-corrected chi connectivity index (χ2v) is 4.78. The lowest BCUT2D eigenvalue weighted by molar-refractivity contribution is 0.336. The predicted molar refractivity (Wildman–Crippen MR) is 76.2 cm³/mol. The van der Waals surface area contributed by atoms with Crippen molar-refractivity contribution in [3.05, 3.63) is 58.7 Å². The number of rotatable bonds is 3. The van der Waals surface area contributed by atoms with Crippen molar-refractivity contribution in [2.24, 2.45) is 0 Å². The standard InChI is InChI=1S/C17H18O2/c1-3-19-17-9-5-7-13-10-12-6-4-8-16(18-2)14(12)11-15(13)17/h4-9H,3,10-11H2,1-2H3. The molecule has 0 atom stereocenters. The third-order valence-electron chi connectivity index (χ3n) is 3.71. The lowest BCUT2D eigenvalue weighted by Gasteiger charge is -2.23. The van der Waals surface area contributed by atoms with Crippen LogP contribution in [0.25, 0.3) is 0 Å². The number of ether oxygens (including phenoxy) is 2. The van der Waals surface area contributed by atoms with Crippen molar-refractivity contribution < 1.29 is 9.47 Å². The zero-order valence-corrected chi connectivity index (χ0v) is 11.4. The average Bonchev–Trinajstić information content (AvgIpc) is 2.45. The Kier molecular flexibility index (Phi) is 3.16. The van der Waals surface area contributed by atoms with E-state index in [1.54, 1.807) is 7.11 Å². The summed E-state index contributed by atoms with van der Waals surface area (Å²) in [5.41, 5.74) is 5.33. The molecule has 0 saturated heterocycles. The zero-order valence-electron chi connectivity index (χ0n) is 11.4. The summed E-state index contributed by atoms with van der Waals surface area (Å²) in [7, 11) is 1.74. The fourth-order valence-corrected chi connectivity index (χ4v) is 2.82. The fourth-order valence-electron chi connectivity index (χ4n) is 2.82. The van der Waals surface area contributed by atoms with Gasteiger partial charge >= 0.3 is 0 Å². The minimum atomic E-state index is 0.704. The largest absolute Gasteiger partial charge is 0.496 e. The summed E-state index contributed by atoms with van der Waals surface area (Å²) in [6, 6.07) is 12.6. The molecule has 0 aromatic heterocycles. The molecule has 1 aliphatic carbocycles. The summed E-state index contributed by atoms with van der Waals surface area (Å²) < 4.78 is 11.2. The normalized spacial score (nSPS) is 12.5. The molecule has 0 N–H and O–H groups in total. The molecule has 2 nitrogen and oxygen atoms in total. The van der Waals surface area contributed by atoms with Gasteiger partial charge in [0.2, 0.25) is 0 Å². The van der Waals surface area contributed by atoms with Gasteiger partial charge < -0.3 is 9.47 Å². The molecule has 0 aliphatic heterocycles. The Balaban J connectivity index is 2.07. The van der Waals surface area contributed by atoms with Crippen molar-refractivity contribution >= 4 is 0 Å². The van der Waals surface area contributed by atoms with Crippen LogP contribution in [0.2, 0.25) is 0 Å². The molecule has 2 aromatic rings. The highest BCUT2D eigenvalue weighted by molar-refractivity contribution is 5.54. The van der Waals surface area contributed by atoms with Gasteiger partial charge in [0.05, 0.1) is 13.7 Å². The third kappa shape index (κ3) is 2.07. The Labute approximate surface area is 114 Å². The van der Waals surface area contributed by atoms with Gasteiger partial charge in [-0.3, -0.25) is 0 Å². The van der Waals surface area contributed by atoms with Crippen LogP contribution in [0.4, 0.5) is 0 Å². The topological polar surface area (TPSA) is 18.5 Å². The van der Waals surface area contributed by atoms with E-state index < -0.39 is 0 Å². The molecule has 0 spiro atoms. The van der Waals surface area contributed by atoms with Crippen molar-refractivity contribution in [2.75, 3.05) is 13.7 Å². The maximum Gasteiger partial charge on any atom is 0.123 e. The Bertz CT molecular complexity index is 602. The monoisotopic (exact) mass is 254 g/mol. The molecule has 0 radical (unpaired) electrons. The lowest BCUT2D eigenvalue weighted by Crippen LogP contribution is -2.10. The molecule has 98 valence electrons. The summed E-state index contributed by atoms with van der Waals surface area (Å²) in [4.78, 5) is 0. The van der Waals surface area contributed by atoms with E-state index in [2.05, 4.69) is 30.3 Å². The first-order valence-corrected chi connectivity index (χ1v) is 6.71. The summed E-state index contributed by atoms with van der Waals surface area (Å²) in [5, 5.41) is 0.